The van der Waals surface area contributed by atoms with E-state index in [1.165, 1.54) is 66.4 Å². The van der Waals surface area contributed by atoms with Gasteiger partial charge in [0.1, 0.15) is 23.2 Å². The second kappa shape index (κ2) is 11.9. The van der Waals surface area contributed by atoms with E-state index in [1.807, 2.05) is 24.6 Å². The Morgan fingerprint density at radius 1 is 0.340 bits per heavy atom. The van der Waals surface area contributed by atoms with Crippen LogP contribution in [-0.2, 0) is 0 Å². The largest absolute Gasteiger partial charge is 0.455 e. The normalized spacial score (nSPS) is 15.8. The molecule has 0 radical (unpaired) electrons. The first-order valence-electron chi connectivity index (χ1n) is 18.2. The van der Waals surface area contributed by atoms with Gasteiger partial charge in [-0.2, -0.15) is 0 Å². The third-order valence-electron chi connectivity index (χ3n) is 11.1. The monoisotopic (exact) mass is 676 g/mol. The lowest BCUT2D eigenvalue weighted by molar-refractivity contribution is 0.572. The molecule has 2 heterocycles. The van der Waals surface area contributed by atoms with E-state index >= 15 is 0 Å². The van der Waals surface area contributed by atoms with Crippen molar-refractivity contribution < 1.29 is 4.42 Å². The number of furan rings is 1. The van der Waals surface area contributed by atoms with Crippen molar-refractivity contribution in [3.8, 4) is 55.6 Å². The second-order valence-electron chi connectivity index (χ2n) is 14.0. The first kappa shape index (κ1) is 29.8. The van der Waals surface area contributed by atoms with E-state index in [-0.39, 0.29) is 12.1 Å². The summed E-state index contributed by atoms with van der Waals surface area (Å²) in [5.74, 6) is 0. The third kappa shape index (κ3) is 4.74. The molecule has 3 heteroatoms. The second-order valence-corrected chi connectivity index (χ2v) is 14.0. The molecule has 53 heavy (non-hydrogen) atoms. The van der Waals surface area contributed by atoms with Crippen LogP contribution < -0.4 is 0 Å². The molecular formula is C50H32N2O. The average molecular weight is 677 g/mol. The van der Waals surface area contributed by atoms with E-state index in [2.05, 4.69) is 158 Å². The van der Waals surface area contributed by atoms with Crippen LogP contribution in [0, 0.1) is 0 Å². The summed E-state index contributed by atoms with van der Waals surface area (Å²) in [5, 5.41) is 4.74. The molecule has 2 unspecified atom stereocenters. The molecule has 8 aromatic carbocycles. The Balaban J connectivity index is 0.989. The molecule has 1 aliphatic carbocycles. The number of fused-ring (bicyclic) bond motifs is 10. The summed E-state index contributed by atoms with van der Waals surface area (Å²) in [6.07, 6.45) is 3.68. The van der Waals surface area contributed by atoms with Gasteiger partial charge in [-0.05, 0) is 96.2 Å². The summed E-state index contributed by atoms with van der Waals surface area (Å²) in [5.41, 5.74) is 16.2. The zero-order chi connectivity index (χ0) is 34.9. The van der Waals surface area contributed by atoms with Crippen LogP contribution >= 0.6 is 0 Å². The molecule has 2 atom stereocenters. The Morgan fingerprint density at radius 3 is 1.62 bits per heavy atom. The maximum absolute atomic E-state index is 6.41. The molecule has 0 spiro atoms. The van der Waals surface area contributed by atoms with E-state index in [1.54, 1.807) is 0 Å². The Labute approximate surface area is 307 Å². The Hall–Kier alpha value is -6.84. The van der Waals surface area contributed by atoms with Crippen molar-refractivity contribution in [1.29, 1.82) is 0 Å². The summed E-state index contributed by atoms with van der Waals surface area (Å²) in [6.45, 7) is 0. The fourth-order valence-corrected chi connectivity index (χ4v) is 8.67. The minimum absolute atomic E-state index is 0.00910. The minimum Gasteiger partial charge on any atom is -0.455 e. The van der Waals surface area contributed by atoms with Crippen molar-refractivity contribution >= 4 is 45.1 Å². The topological polar surface area (TPSA) is 37.9 Å². The van der Waals surface area contributed by atoms with Crippen LogP contribution in [0.2, 0.25) is 0 Å². The Kier molecular flexibility index (Phi) is 6.68. The molecule has 1 aliphatic heterocycles. The maximum atomic E-state index is 6.41. The number of benzene rings is 8. The lowest BCUT2D eigenvalue weighted by Crippen LogP contribution is -2.18. The maximum Gasteiger partial charge on any atom is 0.143 e. The molecule has 0 amide bonds. The van der Waals surface area contributed by atoms with Crippen molar-refractivity contribution in [1.82, 2.24) is 0 Å². The van der Waals surface area contributed by atoms with Gasteiger partial charge < -0.3 is 4.42 Å². The van der Waals surface area contributed by atoms with Crippen LogP contribution in [0.4, 0.5) is 0 Å². The van der Waals surface area contributed by atoms with Gasteiger partial charge in [0.15, 0.2) is 0 Å². The van der Waals surface area contributed by atoms with Gasteiger partial charge in [0.05, 0.1) is 0 Å². The van der Waals surface area contributed by atoms with Crippen LogP contribution in [0.25, 0.3) is 88.3 Å². The van der Waals surface area contributed by atoms with Crippen LogP contribution in [0.3, 0.4) is 0 Å². The summed E-state index contributed by atoms with van der Waals surface area (Å²) < 4.78 is 6.41. The standard InChI is InChI=1S/C50H32N2O/c1-2-16-44-41(14-1)42-25-24-32(30-46(42)49-48(44)51-26-27-52-49)31-10-5-11-33(28-31)36-17-7-21-40-37(18-8-20-39(36)40)34-12-6-13-35(29-34)38-19-9-22-45-43-15-3-4-23-47(43)53-50(38)45/h1-30,48-49H. The Morgan fingerprint density at radius 2 is 0.849 bits per heavy atom. The molecule has 0 bridgehead atoms. The van der Waals surface area contributed by atoms with Gasteiger partial charge >= 0.3 is 0 Å². The average Bonchev–Trinajstić information content (AvgIpc) is 3.62. The predicted molar refractivity (Wildman–Crippen MR) is 221 cm³/mol. The number of hydrogen-bond donors (Lipinski definition) is 0. The summed E-state index contributed by atoms with van der Waals surface area (Å²) in [6, 6.07) is 61.3. The summed E-state index contributed by atoms with van der Waals surface area (Å²) in [4.78, 5) is 9.79. The van der Waals surface area contributed by atoms with E-state index < -0.39 is 0 Å². The highest BCUT2D eigenvalue weighted by Crippen LogP contribution is 2.50. The highest BCUT2D eigenvalue weighted by molar-refractivity contribution is 6.17. The van der Waals surface area contributed by atoms with Crippen molar-refractivity contribution in [2.24, 2.45) is 9.98 Å². The number of nitrogens with zero attached hydrogens (tertiary/aromatic N) is 2. The summed E-state index contributed by atoms with van der Waals surface area (Å²) in [7, 11) is 0. The van der Waals surface area contributed by atoms with Crippen LogP contribution in [-0.4, -0.2) is 12.4 Å². The van der Waals surface area contributed by atoms with Gasteiger partial charge in [-0.15, -0.1) is 0 Å². The molecule has 3 nitrogen and oxygen atoms in total. The SMILES string of the molecule is C1=NC2c3ccccc3-c3ccc(-c4cccc(-c5cccc6c(-c7cccc(-c8cccc9c8oc8ccccc89)c7)cccc56)c4)cc3C2N=C1. The molecule has 9 aromatic rings. The van der Waals surface area contributed by atoms with E-state index in [9.17, 15) is 0 Å². The summed E-state index contributed by atoms with van der Waals surface area (Å²) >= 11 is 0. The van der Waals surface area contributed by atoms with Crippen LogP contribution in [0.15, 0.2) is 184 Å². The van der Waals surface area contributed by atoms with Gasteiger partial charge in [0.25, 0.3) is 0 Å². The van der Waals surface area contributed by atoms with Crippen molar-refractivity contribution in [3.05, 3.63) is 181 Å². The zero-order valence-electron chi connectivity index (χ0n) is 28.8. The van der Waals surface area contributed by atoms with Gasteiger partial charge in [-0.3, -0.25) is 9.98 Å². The number of rotatable bonds is 4. The van der Waals surface area contributed by atoms with Crippen molar-refractivity contribution in [2.75, 3.05) is 0 Å². The molecule has 1 aromatic heterocycles. The Bertz CT molecular complexity index is 2980. The number of aliphatic imine (C=N–C) groups is 2. The van der Waals surface area contributed by atoms with Crippen LogP contribution in [0.1, 0.15) is 23.2 Å². The fourth-order valence-electron chi connectivity index (χ4n) is 8.67. The van der Waals surface area contributed by atoms with Crippen molar-refractivity contribution in [2.45, 2.75) is 12.1 Å². The highest BCUT2D eigenvalue weighted by Gasteiger charge is 2.34. The lowest BCUT2D eigenvalue weighted by Gasteiger charge is -2.32. The smallest absolute Gasteiger partial charge is 0.143 e. The zero-order valence-corrected chi connectivity index (χ0v) is 28.8. The van der Waals surface area contributed by atoms with Gasteiger partial charge in [0.2, 0.25) is 0 Å². The number of para-hydroxylation sites is 2. The van der Waals surface area contributed by atoms with E-state index in [0.717, 1.165) is 33.1 Å². The fraction of sp³-hybridized carbons (Fsp3) is 0.0400. The molecule has 0 N–H and O–H groups in total. The van der Waals surface area contributed by atoms with E-state index in [0.29, 0.717) is 0 Å². The van der Waals surface area contributed by atoms with Crippen LogP contribution in [0.5, 0.6) is 0 Å². The third-order valence-corrected chi connectivity index (χ3v) is 11.1. The lowest BCUT2D eigenvalue weighted by atomic mass is 9.78. The first-order chi connectivity index (χ1) is 26.3. The molecule has 2 aliphatic rings. The van der Waals surface area contributed by atoms with Crippen molar-refractivity contribution in [3.63, 3.8) is 0 Å². The minimum atomic E-state index is -0.0188. The molecule has 0 saturated carbocycles. The molecule has 0 saturated heterocycles. The first-order valence-corrected chi connectivity index (χ1v) is 18.2. The van der Waals surface area contributed by atoms with Gasteiger partial charge in [0, 0.05) is 28.8 Å². The number of hydrogen-bond acceptors (Lipinski definition) is 3. The molecule has 248 valence electrons. The quantitative estimate of drug-likeness (QED) is 0.183. The van der Waals surface area contributed by atoms with Gasteiger partial charge in [-0.25, -0.2) is 0 Å². The highest BCUT2D eigenvalue weighted by atomic mass is 16.3. The van der Waals surface area contributed by atoms with E-state index in [4.69, 9.17) is 14.4 Å². The van der Waals surface area contributed by atoms with Gasteiger partial charge in [-0.1, -0.05) is 146 Å². The molecular weight excluding hydrogens is 645 g/mol. The predicted octanol–water partition coefficient (Wildman–Crippen LogP) is 13.3. The molecule has 11 rings (SSSR count). The molecule has 0 fully saturated rings.